The summed E-state index contributed by atoms with van der Waals surface area (Å²) >= 11 is 3.31. The fourth-order valence-electron chi connectivity index (χ4n) is 2.62. The molecule has 1 unspecified atom stereocenters. The van der Waals surface area contributed by atoms with Crippen LogP contribution in [0.15, 0.2) is 18.2 Å². The number of hydrogen-bond acceptors (Lipinski definition) is 2. The second-order valence-electron chi connectivity index (χ2n) is 6.45. The maximum absolute atomic E-state index is 12.3. The zero-order chi connectivity index (χ0) is 16.3. The minimum Gasteiger partial charge on any atom is -0.444 e. The van der Waals surface area contributed by atoms with Gasteiger partial charge in [-0.25, -0.2) is 4.79 Å². The highest BCUT2D eigenvalue weighted by molar-refractivity contribution is 9.09. The van der Waals surface area contributed by atoms with Crippen LogP contribution in [-0.4, -0.2) is 28.5 Å². The van der Waals surface area contributed by atoms with E-state index < -0.39 is 5.60 Å². The lowest BCUT2D eigenvalue weighted by Crippen LogP contribution is -2.42. The molecule has 118 valence electrons. The van der Waals surface area contributed by atoms with Crippen LogP contribution in [0.25, 0.3) is 0 Å². The van der Waals surface area contributed by atoms with Crippen LogP contribution in [0, 0.1) is 11.8 Å². The SMILES string of the molecule is CC1c2ccc(C#CCBr)cc2CCN1C(=O)OC(C)(C)C. The van der Waals surface area contributed by atoms with Gasteiger partial charge in [0.05, 0.1) is 11.4 Å². The molecule has 1 aliphatic heterocycles. The predicted molar refractivity (Wildman–Crippen MR) is 92.2 cm³/mol. The van der Waals surface area contributed by atoms with Crippen molar-refractivity contribution in [3.63, 3.8) is 0 Å². The minimum atomic E-state index is -0.466. The number of halogens is 1. The molecule has 0 saturated heterocycles. The Labute approximate surface area is 141 Å². The summed E-state index contributed by atoms with van der Waals surface area (Å²) in [4.78, 5) is 14.1. The van der Waals surface area contributed by atoms with Gasteiger partial charge in [0.2, 0.25) is 0 Å². The molecular weight excluding hydrogens is 342 g/mol. The van der Waals surface area contributed by atoms with Crippen LogP contribution in [0.5, 0.6) is 0 Å². The summed E-state index contributed by atoms with van der Waals surface area (Å²) in [6.07, 6.45) is 0.594. The van der Waals surface area contributed by atoms with Gasteiger partial charge in [-0.15, -0.1) is 0 Å². The first-order valence-corrected chi connectivity index (χ1v) is 8.61. The smallest absolute Gasteiger partial charge is 0.410 e. The Bertz CT molecular complexity index is 622. The van der Waals surface area contributed by atoms with Crippen molar-refractivity contribution in [3.05, 3.63) is 34.9 Å². The molecule has 0 bridgehead atoms. The van der Waals surface area contributed by atoms with Crippen molar-refractivity contribution in [2.75, 3.05) is 11.9 Å². The van der Waals surface area contributed by atoms with E-state index in [1.54, 1.807) is 4.90 Å². The van der Waals surface area contributed by atoms with E-state index in [2.05, 4.69) is 39.9 Å². The maximum Gasteiger partial charge on any atom is 0.410 e. The Morgan fingerprint density at radius 3 is 2.82 bits per heavy atom. The normalized spacial score (nSPS) is 17.3. The first-order valence-electron chi connectivity index (χ1n) is 7.49. The number of nitrogens with zero attached hydrogens (tertiary/aromatic N) is 1. The number of benzene rings is 1. The van der Waals surface area contributed by atoms with Gasteiger partial charge in [0.15, 0.2) is 0 Å². The topological polar surface area (TPSA) is 29.5 Å². The highest BCUT2D eigenvalue weighted by atomic mass is 79.9. The Balaban J connectivity index is 2.20. The molecule has 1 aromatic rings. The number of alkyl halides is 1. The van der Waals surface area contributed by atoms with E-state index in [1.165, 1.54) is 11.1 Å². The number of carbonyl (C=O) groups is 1. The van der Waals surface area contributed by atoms with Crippen molar-refractivity contribution in [2.24, 2.45) is 0 Å². The second kappa shape index (κ2) is 6.75. The molecule has 0 fully saturated rings. The molecule has 3 nitrogen and oxygen atoms in total. The molecule has 0 aliphatic carbocycles. The van der Waals surface area contributed by atoms with Crippen LogP contribution in [-0.2, 0) is 11.2 Å². The standard InChI is InChI=1S/C18H22BrNO2/c1-13-16-8-7-14(6-5-10-19)12-15(16)9-11-20(13)17(21)22-18(2,3)4/h7-8,12-13H,9-11H2,1-4H3. The summed E-state index contributed by atoms with van der Waals surface area (Å²) in [7, 11) is 0. The van der Waals surface area contributed by atoms with Crippen LogP contribution in [0.3, 0.4) is 0 Å². The average molecular weight is 364 g/mol. The molecule has 22 heavy (non-hydrogen) atoms. The van der Waals surface area contributed by atoms with Crippen LogP contribution in [0.1, 0.15) is 50.4 Å². The number of rotatable bonds is 0. The summed E-state index contributed by atoms with van der Waals surface area (Å²) in [6.45, 7) is 8.40. The van der Waals surface area contributed by atoms with E-state index in [0.717, 1.165) is 12.0 Å². The van der Waals surface area contributed by atoms with E-state index in [9.17, 15) is 4.79 Å². The molecule has 1 aromatic carbocycles. The molecule has 0 aromatic heterocycles. The van der Waals surface area contributed by atoms with Gasteiger partial charge in [-0.1, -0.05) is 33.8 Å². The van der Waals surface area contributed by atoms with Crippen molar-refractivity contribution in [1.29, 1.82) is 0 Å². The molecule has 0 saturated carbocycles. The van der Waals surface area contributed by atoms with Crippen molar-refractivity contribution in [3.8, 4) is 11.8 Å². The molecule has 1 heterocycles. The number of ether oxygens (including phenoxy) is 1. The molecule has 4 heteroatoms. The third kappa shape index (κ3) is 4.04. The Hall–Kier alpha value is -1.47. The first-order chi connectivity index (χ1) is 10.3. The summed E-state index contributed by atoms with van der Waals surface area (Å²) in [5.41, 5.74) is 3.01. The minimum absolute atomic E-state index is 0.0248. The monoisotopic (exact) mass is 363 g/mol. The van der Waals surface area contributed by atoms with Crippen molar-refractivity contribution in [2.45, 2.75) is 45.8 Å². The molecule has 0 radical (unpaired) electrons. The molecular formula is C18H22BrNO2. The summed E-state index contributed by atoms with van der Waals surface area (Å²) in [5.74, 6) is 6.14. The molecule has 1 atom stereocenters. The quantitative estimate of drug-likeness (QED) is 0.508. The van der Waals surface area contributed by atoms with Gasteiger partial charge >= 0.3 is 6.09 Å². The number of hydrogen-bond donors (Lipinski definition) is 0. The van der Waals surface area contributed by atoms with Gasteiger partial charge in [0.1, 0.15) is 5.60 Å². The third-order valence-corrected chi connectivity index (χ3v) is 3.89. The van der Waals surface area contributed by atoms with Gasteiger partial charge in [-0.2, -0.15) is 0 Å². The third-order valence-electron chi connectivity index (χ3n) is 3.61. The Morgan fingerprint density at radius 1 is 1.45 bits per heavy atom. The summed E-state index contributed by atoms with van der Waals surface area (Å²) in [5, 5.41) is 0.674. The highest BCUT2D eigenvalue weighted by Gasteiger charge is 2.30. The zero-order valence-corrected chi connectivity index (χ0v) is 15.2. The Morgan fingerprint density at radius 2 is 2.18 bits per heavy atom. The van der Waals surface area contributed by atoms with Gasteiger partial charge in [-0.05, 0) is 57.4 Å². The molecule has 1 aliphatic rings. The van der Waals surface area contributed by atoms with Crippen LogP contribution >= 0.6 is 15.9 Å². The fourth-order valence-corrected chi connectivity index (χ4v) is 2.76. The van der Waals surface area contributed by atoms with Gasteiger partial charge in [-0.3, -0.25) is 0 Å². The van der Waals surface area contributed by atoms with Gasteiger partial charge in [0, 0.05) is 12.1 Å². The van der Waals surface area contributed by atoms with E-state index in [-0.39, 0.29) is 12.1 Å². The molecule has 1 amide bonds. The second-order valence-corrected chi connectivity index (χ2v) is 7.01. The number of fused-ring (bicyclic) bond motifs is 1. The van der Waals surface area contributed by atoms with Crippen molar-refractivity contribution in [1.82, 2.24) is 4.90 Å². The maximum atomic E-state index is 12.3. The average Bonchev–Trinajstić information content (AvgIpc) is 2.43. The summed E-state index contributed by atoms with van der Waals surface area (Å²) in [6, 6.07) is 6.25. The lowest BCUT2D eigenvalue weighted by Gasteiger charge is -2.36. The van der Waals surface area contributed by atoms with Crippen LogP contribution in [0.4, 0.5) is 4.79 Å². The zero-order valence-electron chi connectivity index (χ0n) is 13.6. The molecule has 0 spiro atoms. The van der Waals surface area contributed by atoms with E-state index in [1.807, 2.05) is 33.8 Å². The van der Waals surface area contributed by atoms with Crippen molar-refractivity contribution < 1.29 is 9.53 Å². The van der Waals surface area contributed by atoms with Crippen LogP contribution in [0.2, 0.25) is 0 Å². The summed E-state index contributed by atoms with van der Waals surface area (Å²) < 4.78 is 5.50. The first kappa shape index (κ1) is 16.9. The van der Waals surface area contributed by atoms with Crippen LogP contribution < -0.4 is 0 Å². The highest BCUT2D eigenvalue weighted by Crippen LogP contribution is 2.31. The largest absolute Gasteiger partial charge is 0.444 e. The van der Waals surface area contributed by atoms with Gasteiger partial charge < -0.3 is 9.64 Å². The van der Waals surface area contributed by atoms with E-state index in [4.69, 9.17) is 4.74 Å². The molecule has 2 rings (SSSR count). The fraction of sp³-hybridized carbons (Fsp3) is 0.500. The molecule has 0 N–H and O–H groups in total. The lowest BCUT2D eigenvalue weighted by atomic mass is 9.92. The van der Waals surface area contributed by atoms with E-state index >= 15 is 0 Å². The lowest BCUT2D eigenvalue weighted by molar-refractivity contribution is 0.0160. The van der Waals surface area contributed by atoms with E-state index in [0.29, 0.717) is 11.9 Å². The Kier molecular flexibility index (Phi) is 5.18. The number of amides is 1. The van der Waals surface area contributed by atoms with Crippen molar-refractivity contribution >= 4 is 22.0 Å². The van der Waals surface area contributed by atoms with Gasteiger partial charge in [0.25, 0.3) is 0 Å². The predicted octanol–water partition coefficient (Wildman–Crippen LogP) is 4.29. The number of carbonyl (C=O) groups excluding carboxylic acids is 1.